The quantitative estimate of drug-likeness (QED) is 0.865. The molecular formula is C11H7ClO2S. The Morgan fingerprint density at radius 3 is 2.60 bits per heavy atom. The molecule has 76 valence electrons. The van der Waals surface area contributed by atoms with Gasteiger partial charge in [-0.25, -0.2) is 4.79 Å². The van der Waals surface area contributed by atoms with Crippen LogP contribution in [0.3, 0.4) is 0 Å². The predicted octanol–water partition coefficient (Wildman–Crippen LogP) is 3.77. The van der Waals surface area contributed by atoms with Gasteiger partial charge in [-0.2, -0.15) is 11.3 Å². The van der Waals surface area contributed by atoms with E-state index in [2.05, 4.69) is 0 Å². The average molecular weight is 239 g/mol. The minimum atomic E-state index is -0.925. The highest BCUT2D eigenvalue weighted by Gasteiger charge is 2.14. The molecule has 0 unspecified atom stereocenters. The van der Waals surface area contributed by atoms with Crippen LogP contribution >= 0.6 is 22.9 Å². The van der Waals surface area contributed by atoms with Crippen molar-refractivity contribution in [1.29, 1.82) is 0 Å². The summed E-state index contributed by atoms with van der Waals surface area (Å²) in [5, 5.41) is 12.9. The predicted molar refractivity (Wildman–Crippen MR) is 61.7 cm³/mol. The summed E-state index contributed by atoms with van der Waals surface area (Å²) in [6.07, 6.45) is 0. The van der Waals surface area contributed by atoms with Crippen molar-refractivity contribution in [3.63, 3.8) is 0 Å². The van der Waals surface area contributed by atoms with Gasteiger partial charge in [0, 0.05) is 21.5 Å². The van der Waals surface area contributed by atoms with E-state index in [-0.39, 0.29) is 0 Å². The zero-order chi connectivity index (χ0) is 10.8. The Morgan fingerprint density at radius 2 is 1.93 bits per heavy atom. The maximum absolute atomic E-state index is 10.9. The number of carboxylic acids is 1. The van der Waals surface area contributed by atoms with E-state index < -0.39 is 5.97 Å². The molecule has 0 saturated heterocycles. The molecule has 15 heavy (non-hydrogen) atoms. The van der Waals surface area contributed by atoms with Crippen LogP contribution in [0.1, 0.15) is 10.4 Å². The first-order valence-corrected chi connectivity index (χ1v) is 5.56. The smallest absolute Gasteiger partial charge is 0.337 e. The van der Waals surface area contributed by atoms with Crippen LogP contribution in [0.15, 0.2) is 35.0 Å². The van der Waals surface area contributed by atoms with E-state index in [0.29, 0.717) is 16.1 Å². The van der Waals surface area contributed by atoms with E-state index >= 15 is 0 Å². The highest BCUT2D eigenvalue weighted by atomic mass is 35.5. The topological polar surface area (TPSA) is 37.3 Å². The Bertz CT molecular complexity index is 505. The van der Waals surface area contributed by atoms with Crippen LogP contribution in [0.25, 0.3) is 11.1 Å². The first-order chi connectivity index (χ1) is 7.20. The summed E-state index contributed by atoms with van der Waals surface area (Å²) in [4.78, 5) is 10.9. The number of aromatic carboxylic acids is 1. The number of halogens is 1. The lowest BCUT2D eigenvalue weighted by molar-refractivity contribution is 0.0698. The average Bonchev–Trinajstić information content (AvgIpc) is 2.67. The fourth-order valence-electron chi connectivity index (χ4n) is 1.35. The van der Waals surface area contributed by atoms with Crippen molar-refractivity contribution in [3.05, 3.63) is 45.6 Å². The molecule has 1 heterocycles. The van der Waals surface area contributed by atoms with Crippen LogP contribution in [0.5, 0.6) is 0 Å². The molecule has 1 aromatic carbocycles. The van der Waals surface area contributed by atoms with Crippen LogP contribution in [0.2, 0.25) is 5.02 Å². The number of carbonyl (C=O) groups is 1. The van der Waals surface area contributed by atoms with E-state index in [1.165, 1.54) is 11.3 Å². The third kappa shape index (κ3) is 1.89. The van der Waals surface area contributed by atoms with Crippen molar-refractivity contribution in [2.75, 3.05) is 0 Å². The van der Waals surface area contributed by atoms with Crippen molar-refractivity contribution < 1.29 is 9.90 Å². The van der Waals surface area contributed by atoms with Crippen molar-refractivity contribution in [2.45, 2.75) is 0 Å². The minimum absolute atomic E-state index is 0.299. The fraction of sp³-hybridized carbons (Fsp3) is 0. The number of benzene rings is 1. The largest absolute Gasteiger partial charge is 0.478 e. The monoisotopic (exact) mass is 238 g/mol. The number of hydrogen-bond acceptors (Lipinski definition) is 2. The van der Waals surface area contributed by atoms with Gasteiger partial charge < -0.3 is 5.11 Å². The lowest BCUT2D eigenvalue weighted by Crippen LogP contribution is -1.95. The first kappa shape index (κ1) is 10.2. The number of hydrogen-bond donors (Lipinski definition) is 1. The fourth-order valence-corrected chi connectivity index (χ4v) is 2.41. The summed E-state index contributed by atoms with van der Waals surface area (Å²) in [7, 11) is 0. The molecule has 2 nitrogen and oxygen atoms in total. The summed E-state index contributed by atoms with van der Waals surface area (Å²) in [6, 6.07) is 7.22. The third-order valence-electron chi connectivity index (χ3n) is 2.06. The molecule has 2 rings (SSSR count). The molecule has 0 bridgehead atoms. The minimum Gasteiger partial charge on any atom is -0.478 e. The van der Waals surface area contributed by atoms with Crippen LogP contribution in [0.4, 0.5) is 0 Å². The Hall–Kier alpha value is -1.32. The molecule has 1 N–H and O–H groups in total. The van der Waals surface area contributed by atoms with E-state index in [1.54, 1.807) is 16.8 Å². The second kappa shape index (κ2) is 4.04. The zero-order valence-corrected chi connectivity index (χ0v) is 9.18. The molecule has 0 fully saturated rings. The Labute approximate surface area is 95.8 Å². The molecule has 0 aliphatic rings. The Morgan fingerprint density at radius 1 is 1.20 bits per heavy atom. The van der Waals surface area contributed by atoms with Gasteiger partial charge >= 0.3 is 5.97 Å². The maximum Gasteiger partial charge on any atom is 0.337 e. The normalized spacial score (nSPS) is 10.2. The van der Waals surface area contributed by atoms with Gasteiger partial charge in [-0.15, -0.1) is 0 Å². The molecule has 0 aliphatic carbocycles. The Kier molecular flexibility index (Phi) is 2.75. The van der Waals surface area contributed by atoms with E-state index in [4.69, 9.17) is 16.7 Å². The van der Waals surface area contributed by atoms with Crippen molar-refractivity contribution in [2.24, 2.45) is 0 Å². The van der Waals surface area contributed by atoms with Crippen molar-refractivity contribution in [3.8, 4) is 11.1 Å². The number of rotatable bonds is 2. The summed E-state index contributed by atoms with van der Waals surface area (Å²) in [5.41, 5.74) is 1.74. The highest BCUT2D eigenvalue weighted by molar-refractivity contribution is 7.08. The van der Waals surface area contributed by atoms with Gasteiger partial charge in [0.25, 0.3) is 0 Å². The van der Waals surface area contributed by atoms with Crippen LogP contribution in [-0.4, -0.2) is 11.1 Å². The van der Waals surface area contributed by atoms with Crippen molar-refractivity contribution in [1.82, 2.24) is 0 Å². The van der Waals surface area contributed by atoms with Crippen LogP contribution < -0.4 is 0 Å². The molecule has 0 atom stereocenters. The van der Waals surface area contributed by atoms with Crippen molar-refractivity contribution >= 4 is 28.9 Å². The second-order valence-corrected chi connectivity index (χ2v) is 4.13. The summed E-state index contributed by atoms with van der Waals surface area (Å²) in [6.45, 7) is 0. The Balaban J connectivity index is 2.59. The van der Waals surface area contributed by atoms with Gasteiger partial charge in [0.05, 0.1) is 5.56 Å². The lowest BCUT2D eigenvalue weighted by Gasteiger charge is -2.02. The molecular weight excluding hydrogens is 232 g/mol. The first-order valence-electron chi connectivity index (χ1n) is 4.24. The maximum atomic E-state index is 10.9. The van der Waals surface area contributed by atoms with E-state index in [0.717, 1.165) is 5.56 Å². The molecule has 4 heteroatoms. The lowest BCUT2D eigenvalue weighted by atomic mass is 10.1. The molecule has 0 radical (unpaired) electrons. The van der Waals surface area contributed by atoms with Gasteiger partial charge in [0.15, 0.2) is 0 Å². The molecule has 0 amide bonds. The van der Waals surface area contributed by atoms with Gasteiger partial charge in [-0.05, 0) is 11.4 Å². The number of carboxylic acid groups (broad SMARTS) is 1. The summed E-state index contributed by atoms with van der Waals surface area (Å²) >= 11 is 7.36. The van der Waals surface area contributed by atoms with Crippen LogP contribution in [-0.2, 0) is 0 Å². The summed E-state index contributed by atoms with van der Waals surface area (Å²) in [5.74, 6) is -0.925. The molecule has 0 aliphatic heterocycles. The van der Waals surface area contributed by atoms with E-state index in [1.807, 2.05) is 18.2 Å². The molecule has 0 saturated carbocycles. The van der Waals surface area contributed by atoms with Gasteiger partial charge in [0.1, 0.15) is 0 Å². The van der Waals surface area contributed by atoms with E-state index in [9.17, 15) is 4.79 Å². The standard InChI is InChI=1S/C11H7ClO2S/c12-10-4-2-1-3-7(10)8-5-15-6-9(8)11(13)14/h1-6H,(H,13,14). The molecule has 0 spiro atoms. The molecule has 1 aromatic heterocycles. The van der Waals surface area contributed by atoms with Crippen LogP contribution in [0, 0.1) is 0 Å². The zero-order valence-electron chi connectivity index (χ0n) is 7.61. The van der Waals surface area contributed by atoms with Gasteiger partial charge in [0.2, 0.25) is 0 Å². The highest BCUT2D eigenvalue weighted by Crippen LogP contribution is 2.32. The number of thiophene rings is 1. The molecule has 2 aromatic rings. The van der Waals surface area contributed by atoms with Gasteiger partial charge in [-0.3, -0.25) is 0 Å². The second-order valence-electron chi connectivity index (χ2n) is 2.98. The van der Waals surface area contributed by atoms with Gasteiger partial charge in [-0.1, -0.05) is 29.8 Å². The summed E-state index contributed by atoms with van der Waals surface area (Å²) < 4.78 is 0. The third-order valence-corrected chi connectivity index (χ3v) is 3.13. The SMILES string of the molecule is O=C(O)c1cscc1-c1ccccc1Cl.